The SMILES string of the molecule is C1=C(c2ccccc2)C(c2ncccn2)=[N+]N1. The van der Waals surface area contributed by atoms with Crippen LogP contribution in [0.5, 0.6) is 0 Å². The summed E-state index contributed by atoms with van der Waals surface area (Å²) >= 11 is 0. The van der Waals surface area contributed by atoms with Gasteiger partial charge in [-0.05, 0) is 11.6 Å². The van der Waals surface area contributed by atoms with E-state index in [4.69, 9.17) is 0 Å². The fraction of sp³-hybridized carbons (Fsp3) is 0. The van der Waals surface area contributed by atoms with Crippen LogP contribution >= 0.6 is 0 Å². The number of hydrazone groups is 1. The van der Waals surface area contributed by atoms with Gasteiger partial charge in [0, 0.05) is 12.4 Å². The first-order valence-corrected chi connectivity index (χ1v) is 5.32. The van der Waals surface area contributed by atoms with E-state index in [2.05, 4.69) is 20.5 Å². The van der Waals surface area contributed by atoms with Crippen LogP contribution in [0.15, 0.2) is 55.0 Å². The highest BCUT2D eigenvalue weighted by Crippen LogP contribution is 2.18. The maximum atomic E-state index is 4.21. The van der Waals surface area contributed by atoms with E-state index in [1.54, 1.807) is 18.5 Å². The van der Waals surface area contributed by atoms with Crippen molar-refractivity contribution in [1.29, 1.82) is 0 Å². The van der Waals surface area contributed by atoms with E-state index in [1.807, 2.05) is 36.5 Å². The fourth-order valence-electron chi connectivity index (χ4n) is 1.72. The Balaban J connectivity index is 2.01. The molecule has 17 heavy (non-hydrogen) atoms. The van der Waals surface area contributed by atoms with Crippen molar-refractivity contribution >= 4 is 11.3 Å². The Kier molecular flexibility index (Phi) is 2.38. The van der Waals surface area contributed by atoms with Crippen LogP contribution in [0.3, 0.4) is 0 Å². The third-order valence-electron chi connectivity index (χ3n) is 2.50. The molecule has 0 saturated carbocycles. The lowest BCUT2D eigenvalue weighted by Gasteiger charge is -1.98. The van der Waals surface area contributed by atoms with Gasteiger partial charge < -0.3 is 0 Å². The monoisotopic (exact) mass is 222 g/mol. The zero-order chi connectivity index (χ0) is 11.5. The summed E-state index contributed by atoms with van der Waals surface area (Å²) in [5.74, 6) is 0.632. The van der Waals surface area contributed by atoms with Crippen LogP contribution in [0.25, 0.3) is 5.57 Å². The lowest BCUT2D eigenvalue weighted by molar-refractivity contribution is 0.883. The van der Waals surface area contributed by atoms with Crippen LogP contribution in [0, 0.1) is 0 Å². The Morgan fingerprint density at radius 1 is 0.941 bits per heavy atom. The summed E-state index contributed by atoms with van der Waals surface area (Å²) in [6, 6.07) is 11.9. The standard InChI is InChI=1S/C13H10N4/c1-2-5-10(6-3-1)11-9-16-17-12(11)13-14-7-4-8-15-13/h1-9,16H/q+1. The summed E-state index contributed by atoms with van der Waals surface area (Å²) in [6.07, 6.45) is 5.29. The molecule has 2 aromatic rings. The highest BCUT2D eigenvalue weighted by Gasteiger charge is 2.29. The summed E-state index contributed by atoms with van der Waals surface area (Å²) < 4.78 is 0. The van der Waals surface area contributed by atoms with Crippen molar-refractivity contribution < 1.29 is 0 Å². The number of allylic oxidation sites excluding steroid dienone is 1. The second-order valence-electron chi connectivity index (χ2n) is 3.59. The molecule has 1 aliphatic rings. The van der Waals surface area contributed by atoms with Crippen molar-refractivity contribution in [3.63, 3.8) is 0 Å². The van der Waals surface area contributed by atoms with Gasteiger partial charge in [-0.2, -0.15) is 0 Å². The van der Waals surface area contributed by atoms with Crippen molar-refractivity contribution in [2.24, 2.45) is 0 Å². The molecule has 0 unspecified atom stereocenters. The zero-order valence-electron chi connectivity index (χ0n) is 9.04. The van der Waals surface area contributed by atoms with Crippen molar-refractivity contribution in [3.05, 3.63) is 66.4 Å². The Bertz CT molecular complexity index is 519. The molecule has 4 heteroatoms. The minimum absolute atomic E-state index is 0.632. The Hall–Kier alpha value is -2.49. The van der Waals surface area contributed by atoms with E-state index < -0.39 is 0 Å². The number of nitrogens with zero attached hydrogens (tertiary/aromatic N) is 3. The summed E-state index contributed by atoms with van der Waals surface area (Å²) in [5, 5.41) is 4.21. The normalized spacial score (nSPS) is 13.9. The van der Waals surface area contributed by atoms with Crippen LogP contribution < -0.4 is 10.5 Å². The van der Waals surface area contributed by atoms with Gasteiger partial charge in [0.05, 0.1) is 11.8 Å². The van der Waals surface area contributed by atoms with E-state index >= 15 is 0 Å². The predicted molar refractivity (Wildman–Crippen MR) is 65.8 cm³/mol. The molecule has 0 bridgehead atoms. The predicted octanol–water partition coefficient (Wildman–Crippen LogP) is 1.16. The number of benzene rings is 1. The maximum Gasteiger partial charge on any atom is 0.363 e. The number of hydrogen-bond donors (Lipinski definition) is 1. The third-order valence-corrected chi connectivity index (χ3v) is 2.50. The molecule has 1 aliphatic heterocycles. The quantitative estimate of drug-likeness (QED) is 0.829. The topological polar surface area (TPSA) is 51.9 Å². The molecule has 4 nitrogen and oxygen atoms in total. The number of hydrogen-bond acceptors (Lipinski definition) is 4. The third kappa shape index (κ3) is 1.80. The van der Waals surface area contributed by atoms with Gasteiger partial charge in [-0.25, -0.2) is 9.97 Å². The molecular weight excluding hydrogens is 212 g/mol. The summed E-state index contributed by atoms with van der Waals surface area (Å²) in [4.78, 5) is 8.43. The molecule has 3 rings (SSSR count). The van der Waals surface area contributed by atoms with Crippen LogP contribution in [0.2, 0.25) is 0 Å². The van der Waals surface area contributed by atoms with Gasteiger partial charge in [0.1, 0.15) is 0 Å². The summed E-state index contributed by atoms with van der Waals surface area (Å²) in [6.45, 7) is 0. The minimum Gasteiger partial charge on any atom is -0.231 e. The van der Waals surface area contributed by atoms with E-state index in [-0.39, 0.29) is 0 Å². The molecule has 1 aromatic heterocycles. The zero-order valence-corrected chi connectivity index (χ0v) is 9.04. The first kappa shape index (κ1) is 9.72. The number of nitrogens with one attached hydrogen (secondary N) is 1. The van der Waals surface area contributed by atoms with Gasteiger partial charge in [-0.15, -0.1) is 5.43 Å². The maximum absolute atomic E-state index is 4.21. The molecular formula is C13H10N4+. The summed E-state index contributed by atoms with van der Waals surface area (Å²) in [7, 11) is 0. The van der Waals surface area contributed by atoms with Crippen LogP contribution in [0.4, 0.5) is 0 Å². The lowest BCUT2D eigenvalue weighted by atomic mass is 10.0. The van der Waals surface area contributed by atoms with Crippen molar-refractivity contribution in [2.45, 2.75) is 0 Å². The van der Waals surface area contributed by atoms with E-state index in [0.29, 0.717) is 5.82 Å². The molecule has 81 valence electrons. The second-order valence-corrected chi connectivity index (χ2v) is 3.59. The average Bonchev–Trinajstić information content (AvgIpc) is 2.90. The Labute approximate surface area is 98.7 Å². The van der Waals surface area contributed by atoms with E-state index in [0.717, 1.165) is 16.8 Å². The van der Waals surface area contributed by atoms with Gasteiger partial charge >= 0.3 is 5.71 Å². The molecule has 0 spiro atoms. The first-order chi connectivity index (χ1) is 8.45. The first-order valence-electron chi connectivity index (χ1n) is 5.32. The van der Waals surface area contributed by atoms with Crippen molar-refractivity contribution in [2.75, 3.05) is 0 Å². The highest BCUT2D eigenvalue weighted by atomic mass is 15.3. The van der Waals surface area contributed by atoms with Crippen LogP contribution in [0.1, 0.15) is 11.4 Å². The van der Waals surface area contributed by atoms with Gasteiger partial charge in [-0.1, -0.05) is 30.3 Å². The summed E-state index contributed by atoms with van der Waals surface area (Å²) in [5.41, 5.74) is 5.75. The van der Waals surface area contributed by atoms with Gasteiger partial charge in [0.15, 0.2) is 5.10 Å². The van der Waals surface area contributed by atoms with Gasteiger partial charge in [0.2, 0.25) is 5.82 Å². The van der Waals surface area contributed by atoms with Crippen molar-refractivity contribution in [1.82, 2.24) is 20.5 Å². The molecule has 1 radical (unpaired) electrons. The number of rotatable bonds is 2. The van der Waals surface area contributed by atoms with E-state index in [9.17, 15) is 0 Å². The second kappa shape index (κ2) is 4.17. The molecule has 1 aromatic carbocycles. The molecule has 2 heterocycles. The van der Waals surface area contributed by atoms with Crippen LogP contribution in [-0.4, -0.2) is 15.7 Å². The number of aromatic nitrogens is 2. The molecule has 1 N–H and O–H groups in total. The molecule has 0 atom stereocenters. The average molecular weight is 222 g/mol. The molecule has 0 saturated heterocycles. The lowest BCUT2D eigenvalue weighted by Crippen LogP contribution is -2.13. The smallest absolute Gasteiger partial charge is 0.231 e. The van der Waals surface area contributed by atoms with Gasteiger partial charge in [0.25, 0.3) is 0 Å². The fourth-order valence-corrected chi connectivity index (χ4v) is 1.72. The molecule has 0 amide bonds. The largest absolute Gasteiger partial charge is 0.363 e. The van der Waals surface area contributed by atoms with Crippen molar-refractivity contribution in [3.8, 4) is 0 Å². The minimum atomic E-state index is 0.632. The Morgan fingerprint density at radius 3 is 2.47 bits per heavy atom. The molecule has 0 aliphatic carbocycles. The van der Waals surface area contributed by atoms with Crippen LogP contribution in [-0.2, 0) is 0 Å². The molecule has 0 fully saturated rings. The highest BCUT2D eigenvalue weighted by molar-refractivity contribution is 6.30. The Morgan fingerprint density at radius 2 is 1.71 bits per heavy atom. The van der Waals surface area contributed by atoms with E-state index in [1.165, 1.54) is 0 Å². The van der Waals surface area contributed by atoms with Gasteiger partial charge in [-0.3, -0.25) is 0 Å².